The molecule has 1 aromatic rings. The maximum atomic E-state index is 11.1. The number of aryl methyl sites for hydroxylation is 1. The first-order chi connectivity index (χ1) is 7.15. The number of ether oxygens (including phenoxy) is 1. The fraction of sp³-hybridized carbons (Fsp3) is 0.364. The van der Waals surface area contributed by atoms with E-state index in [1.54, 1.807) is 13.0 Å². The van der Waals surface area contributed by atoms with Crippen LogP contribution in [0.25, 0.3) is 0 Å². The third-order valence-corrected chi connectivity index (χ3v) is 2.02. The first-order valence-electron chi connectivity index (χ1n) is 4.89. The Balaban J connectivity index is 2.61. The molecule has 0 atom stereocenters. The summed E-state index contributed by atoms with van der Waals surface area (Å²) in [5.41, 5.74) is 8.22. The number of rotatable bonds is 4. The molecule has 0 aliphatic rings. The fourth-order valence-electron chi connectivity index (χ4n) is 1.30. The lowest BCUT2D eigenvalue weighted by Crippen LogP contribution is -2.17. The molecular weight excluding hydrogens is 192 g/mol. The second-order valence-electron chi connectivity index (χ2n) is 3.20. The van der Waals surface area contributed by atoms with Gasteiger partial charge in [-0.15, -0.1) is 0 Å². The summed E-state index contributed by atoms with van der Waals surface area (Å²) in [6.07, 6.45) is 0. The predicted octanol–water partition coefficient (Wildman–Crippen LogP) is 1.55. The van der Waals surface area contributed by atoms with E-state index in [4.69, 9.17) is 10.5 Å². The molecule has 1 rings (SSSR count). The van der Waals surface area contributed by atoms with E-state index in [9.17, 15) is 4.79 Å². The number of benzene rings is 1. The van der Waals surface area contributed by atoms with E-state index in [-0.39, 0.29) is 12.5 Å². The van der Waals surface area contributed by atoms with E-state index in [1.807, 2.05) is 19.1 Å². The minimum Gasteiger partial charge on any atom is -0.465 e. The number of hydrogen-bond acceptors (Lipinski definition) is 4. The average Bonchev–Trinajstić information content (AvgIpc) is 2.17. The summed E-state index contributed by atoms with van der Waals surface area (Å²) >= 11 is 0. The van der Waals surface area contributed by atoms with Crippen molar-refractivity contribution in [3.05, 3.63) is 23.8 Å². The Bertz CT molecular complexity index is 330. The van der Waals surface area contributed by atoms with Gasteiger partial charge in [-0.05, 0) is 25.5 Å². The topological polar surface area (TPSA) is 64.3 Å². The van der Waals surface area contributed by atoms with Crippen LogP contribution in [0.15, 0.2) is 18.2 Å². The SMILES string of the molecule is CCOC(=O)CNc1c(C)cccc1N. The number of nitrogen functional groups attached to an aromatic ring is 1. The molecule has 0 amide bonds. The third-order valence-electron chi connectivity index (χ3n) is 2.02. The number of hydrogen-bond donors (Lipinski definition) is 2. The summed E-state index contributed by atoms with van der Waals surface area (Å²) in [5.74, 6) is -0.278. The Kier molecular flexibility index (Phi) is 3.97. The molecule has 82 valence electrons. The Morgan fingerprint density at radius 1 is 1.53 bits per heavy atom. The molecule has 15 heavy (non-hydrogen) atoms. The lowest BCUT2D eigenvalue weighted by Gasteiger charge is -2.11. The van der Waals surface area contributed by atoms with E-state index >= 15 is 0 Å². The largest absolute Gasteiger partial charge is 0.465 e. The molecule has 4 heteroatoms. The Morgan fingerprint density at radius 2 is 2.27 bits per heavy atom. The molecule has 0 saturated heterocycles. The Labute approximate surface area is 89.4 Å². The molecule has 0 aliphatic carbocycles. The zero-order chi connectivity index (χ0) is 11.3. The van der Waals surface area contributed by atoms with E-state index in [0.717, 1.165) is 11.3 Å². The molecule has 0 radical (unpaired) electrons. The Hall–Kier alpha value is -1.71. The van der Waals surface area contributed by atoms with Gasteiger partial charge in [0.25, 0.3) is 0 Å². The maximum Gasteiger partial charge on any atom is 0.325 e. The summed E-state index contributed by atoms with van der Waals surface area (Å²) in [7, 11) is 0. The monoisotopic (exact) mass is 208 g/mol. The smallest absolute Gasteiger partial charge is 0.325 e. The summed E-state index contributed by atoms with van der Waals surface area (Å²) in [4.78, 5) is 11.1. The molecule has 0 aromatic heterocycles. The molecule has 0 spiro atoms. The predicted molar refractivity (Wildman–Crippen MR) is 60.7 cm³/mol. The highest BCUT2D eigenvalue weighted by atomic mass is 16.5. The molecule has 0 bridgehead atoms. The van der Waals surface area contributed by atoms with Gasteiger partial charge < -0.3 is 15.8 Å². The number of carbonyl (C=O) groups excluding carboxylic acids is 1. The van der Waals surface area contributed by atoms with Gasteiger partial charge in [-0.3, -0.25) is 4.79 Å². The van der Waals surface area contributed by atoms with Gasteiger partial charge in [0.05, 0.1) is 18.0 Å². The lowest BCUT2D eigenvalue weighted by atomic mass is 10.1. The second kappa shape index (κ2) is 5.24. The van der Waals surface area contributed by atoms with Crippen molar-refractivity contribution in [1.29, 1.82) is 0 Å². The Morgan fingerprint density at radius 3 is 2.87 bits per heavy atom. The van der Waals surface area contributed by atoms with E-state index < -0.39 is 0 Å². The van der Waals surface area contributed by atoms with Gasteiger partial charge >= 0.3 is 5.97 Å². The molecule has 0 heterocycles. The zero-order valence-electron chi connectivity index (χ0n) is 9.04. The van der Waals surface area contributed by atoms with Gasteiger partial charge in [-0.25, -0.2) is 0 Å². The highest BCUT2D eigenvalue weighted by Crippen LogP contribution is 2.21. The number of anilines is 2. The van der Waals surface area contributed by atoms with E-state index in [1.165, 1.54) is 0 Å². The molecule has 0 unspecified atom stereocenters. The van der Waals surface area contributed by atoms with Gasteiger partial charge in [-0.2, -0.15) is 0 Å². The number of nitrogens with one attached hydrogen (secondary N) is 1. The fourth-order valence-corrected chi connectivity index (χ4v) is 1.30. The standard InChI is InChI=1S/C11H16N2O2/c1-3-15-10(14)7-13-11-8(2)5-4-6-9(11)12/h4-6,13H,3,7,12H2,1-2H3. The van der Waals surface area contributed by atoms with E-state index in [2.05, 4.69) is 5.32 Å². The molecular formula is C11H16N2O2. The van der Waals surface area contributed by atoms with Crippen LogP contribution in [-0.4, -0.2) is 19.1 Å². The molecule has 4 nitrogen and oxygen atoms in total. The quantitative estimate of drug-likeness (QED) is 0.582. The normalized spacial score (nSPS) is 9.73. The highest BCUT2D eigenvalue weighted by molar-refractivity contribution is 5.78. The van der Waals surface area contributed by atoms with Crippen LogP contribution in [0.5, 0.6) is 0 Å². The number of esters is 1. The van der Waals surface area contributed by atoms with Crippen molar-refractivity contribution < 1.29 is 9.53 Å². The minimum absolute atomic E-state index is 0.142. The second-order valence-corrected chi connectivity index (χ2v) is 3.20. The molecule has 0 fully saturated rings. The first-order valence-corrected chi connectivity index (χ1v) is 4.89. The summed E-state index contributed by atoms with van der Waals surface area (Å²) in [6, 6.07) is 5.60. The van der Waals surface area contributed by atoms with Crippen LogP contribution < -0.4 is 11.1 Å². The van der Waals surface area contributed by atoms with Crippen LogP contribution >= 0.6 is 0 Å². The summed E-state index contributed by atoms with van der Waals surface area (Å²) in [6.45, 7) is 4.25. The highest BCUT2D eigenvalue weighted by Gasteiger charge is 2.05. The zero-order valence-corrected chi connectivity index (χ0v) is 9.04. The lowest BCUT2D eigenvalue weighted by molar-refractivity contribution is -0.140. The van der Waals surface area contributed by atoms with Crippen molar-refractivity contribution in [2.75, 3.05) is 24.2 Å². The number of para-hydroxylation sites is 1. The third kappa shape index (κ3) is 3.16. The molecule has 1 aromatic carbocycles. The van der Waals surface area contributed by atoms with Crippen LogP contribution in [0.2, 0.25) is 0 Å². The van der Waals surface area contributed by atoms with Crippen molar-refractivity contribution in [1.82, 2.24) is 0 Å². The molecule has 0 aliphatic heterocycles. The van der Waals surface area contributed by atoms with Crippen LogP contribution in [-0.2, 0) is 9.53 Å². The minimum atomic E-state index is -0.278. The van der Waals surface area contributed by atoms with Crippen molar-refractivity contribution in [2.45, 2.75) is 13.8 Å². The van der Waals surface area contributed by atoms with Gasteiger partial charge in [0.15, 0.2) is 0 Å². The van der Waals surface area contributed by atoms with Crippen LogP contribution in [0.1, 0.15) is 12.5 Å². The van der Waals surface area contributed by atoms with Crippen LogP contribution in [0.3, 0.4) is 0 Å². The summed E-state index contributed by atoms with van der Waals surface area (Å²) in [5, 5.41) is 2.97. The molecule has 3 N–H and O–H groups in total. The van der Waals surface area contributed by atoms with E-state index in [0.29, 0.717) is 12.3 Å². The first kappa shape index (κ1) is 11.4. The van der Waals surface area contributed by atoms with Crippen LogP contribution in [0, 0.1) is 6.92 Å². The maximum absolute atomic E-state index is 11.1. The van der Waals surface area contributed by atoms with Crippen molar-refractivity contribution in [2.24, 2.45) is 0 Å². The van der Waals surface area contributed by atoms with Crippen molar-refractivity contribution in [3.8, 4) is 0 Å². The van der Waals surface area contributed by atoms with Crippen LogP contribution in [0.4, 0.5) is 11.4 Å². The summed E-state index contributed by atoms with van der Waals surface area (Å²) < 4.78 is 4.80. The number of nitrogens with two attached hydrogens (primary N) is 1. The van der Waals surface area contributed by atoms with Gasteiger partial charge in [0.1, 0.15) is 6.54 Å². The number of carbonyl (C=O) groups is 1. The molecule has 0 saturated carbocycles. The van der Waals surface area contributed by atoms with Crippen molar-refractivity contribution in [3.63, 3.8) is 0 Å². The van der Waals surface area contributed by atoms with Crippen molar-refractivity contribution >= 4 is 17.3 Å². The van der Waals surface area contributed by atoms with Gasteiger partial charge in [-0.1, -0.05) is 12.1 Å². The van der Waals surface area contributed by atoms with Gasteiger partial charge in [0.2, 0.25) is 0 Å². The van der Waals surface area contributed by atoms with Gasteiger partial charge in [0, 0.05) is 0 Å². The average molecular weight is 208 g/mol.